The number of rotatable bonds is 3. The molecule has 2 rings (SSSR count). The lowest BCUT2D eigenvalue weighted by molar-refractivity contribution is 0.305. The number of hydrogen-bond acceptors (Lipinski definition) is 2. The van der Waals surface area contributed by atoms with Crippen LogP contribution in [-0.4, -0.2) is 4.98 Å². The monoisotopic (exact) mass is 311 g/mol. The maximum Gasteiger partial charge on any atom is 0.139 e. The molecule has 2 nitrogen and oxygen atoms in total. The van der Waals surface area contributed by atoms with Crippen LogP contribution in [0.3, 0.4) is 0 Å². The van der Waals surface area contributed by atoms with Crippen molar-refractivity contribution in [1.82, 2.24) is 4.98 Å². The fourth-order valence-corrected chi connectivity index (χ4v) is 2.04. The summed E-state index contributed by atoms with van der Waals surface area (Å²) in [6.45, 7) is 2.45. The molecule has 1 aromatic carbocycles. The quantitative estimate of drug-likeness (QED) is 0.839. The third-order valence-electron chi connectivity index (χ3n) is 2.28. The Kier molecular flexibility index (Phi) is 4.02. The molecule has 0 fully saturated rings. The zero-order valence-corrected chi connectivity index (χ0v) is 11.6. The van der Waals surface area contributed by atoms with E-state index in [-0.39, 0.29) is 0 Å². The van der Waals surface area contributed by atoms with Crippen LogP contribution in [0, 0.1) is 6.92 Å². The van der Waals surface area contributed by atoms with Gasteiger partial charge in [0.1, 0.15) is 12.4 Å². The van der Waals surface area contributed by atoms with Gasteiger partial charge in [0.15, 0.2) is 0 Å². The number of nitrogens with zero attached hydrogens (tertiary/aromatic N) is 1. The topological polar surface area (TPSA) is 22.1 Å². The zero-order chi connectivity index (χ0) is 12.3. The highest BCUT2D eigenvalue weighted by molar-refractivity contribution is 9.10. The second-order valence-electron chi connectivity index (χ2n) is 3.72. The molecular weight excluding hydrogens is 302 g/mol. The second kappa shape index (κ2) is 5.52. The number of pyridine rings is 1. The molecule has 0 saturated carbocycles. The molecule has 0 saturated heterocycles. The van der Waals surface area contributed by atoms with E-state index in [4.69, 9.17) is 16.3 Å². The summed E-state index contributed by atoms with van der Waals surface area (Å²) < 4.78 is 6.51. The van der Waals surface area contributed by atoms with Gasteiger partial charge in [-0.25, -0.2) is 0 Å². The smallest absolute Gasteiger partial charge is 0.139 e. The van der Waals surface area contributed by atoms with E-state index < -0.39 is 0 Å². The van der Waals surface area contributed by atoms with Crippen LogP contribution in [0.15, 0.2) is 41.1 Å². The molecule has 4 heteroatoms. The molecule has 0 bridgehead atoms. The van der Waals surface area contributed by atoms with Crippen molar-refractivity contribution in [2.75, 3.05) is 0 Å². The fraction of sp³-hybridized carbons (Fsp3) is 0.154. The van der Waals surface area contributed by atoms with Gasteiger partial charge in [-0.15, -0.1) is 0 Å². The van der Waals surface area contributed by atoms with Crippen LogP contribution in [0.4, 0.5) is 0 Å². The molecule has 0 N–H and O–H groups in total. The summed E-state index contributed by atoms with van der Waals surface area (Å²) in [5.41, 5.74) is 2.11. The van der Waals surface area contributed by atoms with Crippen molar-refractivity contribution >= 4 is 27.5 Å². The average Bonchev–Trinajstić information content (AvgIpc) is 2.28. The van der Waals surface area contributed by atoms with Crippen molar-refractivity contribution in [2.24, 2.45) is 0 Å². The molecule has 1 heterocycles. The SMILES string of the molecule is Cc1ccc(COc2cncc(Br)c2)c(Cl)c1. The lowest BCUT2D eigenvalue weighted by Gasteiger charge is -2.08. The molecule has 17 heavy (non-hydrogen) atoms. The minimum Gasteiger partial charge on any atom is -0.487 e. The zero-order valence-electron chi connectivity index (χ0n) is 9.28. The predicted octanol–water partition coefficient (Wildman–Crippen LogP) is 4.38. The molecule has 0 atom stereocenters. The molecular formula is C13H11BrClNO. The van der Waals surface area contributed by atoms with Crippen molar-refractivity contribution in [3.05, 3.63) is 57.3 Å². The normalized spacial score (nSPS) is 10.3. The lowest BCUT2D eigenvalue weighted by Crippen LogP contribution is -1.97. The Hall–Kier alpha value is -1.06. The number of halogens is 2. The second-order valence-corrected chi connectivity index (χ2v) is 5.05. The molecule has 0 aliphatic heterocycles. The van der Waals surface area contributed by atoms with Crippen molar-refractivity contribution in [1.29, 1.82) is 0 Å². The van der Waals surface area contributed by atoms with E-state index in [2.05, 4.69) is 20.9 Å². The Labute approximate surface area is 114 Å². The summed E-state index contributed by atoms with van der Waals surface area (Å²) in [6.07, 6.45) is 3.39. The van der Waals surface area contributed by atoms with Gasteiger partial charge in [-0.3, -0.25) is 4.98 Å². The molecule has 0 aliphatic rings. The van der Waals surface area contributed by atoms with Crippen LogP contribution in [0.25, 0.3) is 0 Å². The van der Waals surface area contributed by atoms with E-state index in [0.29, 0.717) is 6.61 Å². The molecule has 0 radical (unpaired) electrons. The Morgan fingerprint density at radius 3 is 2.82 bits per heavy atom. The number of benzene rings is 1. The van der Waals surface area contributed by atoms with Gasteiger partial charge in [0, 0.05) is 21.3 Å². The molecule has 1 aromatic heterocycles. The highest BCUT2D eigenvalue weighted by atomic mass is 79.9. The third-order valence-corrected chi connectivity index (χ3v) is 3.07. The molecule has 0 spiro atoms. The Morgan fingerprint density at radius 2 is 2.12 bits per heavy atom. The van der Waals surface area contributed by atoms with Gasteiger partial charge in [0.2, 0.25) is 0 Å². The maximum atomic E-state index is 6.12. The van der Waals surface area contributed by atoms with Gasteiger partial charge >= 0.3 is 0 Å². The molecule has 2 aromatic rings. The summed E-state index contributed by atoms with van der Waals surface area (Å²) in [5, 5.41) is 0.730. The largest absolute Gasteiger partial charge is 0.487 e. The third kappa shape index (κ3) is 3.45. The summed E-state index contributed by atoms with van der Waals surface area (Å²) in [5.74, 6) is 0.719. The van der Waals surface area contributed by atoms with Crippen molar-refractivity contribution in [3.63, 3.8) is 0 Å². The van der Waals surface area contributed by atoms with Gasteiger partial charge in [-0.1, -0.05) is 23.7 Å². The van der Waals surface area contributed by atoms with E-state index >= 15 is 0 Å². The lowest BCUT2D eigenvalue weighted by atomic mass is 10.2. The maximum absolute atomic E-state index is 6.12. The average molecular weight is 313 g/mol. The van der Waals surface area contributed by atoms with E-state index in [0.717, 1.165) is 26.4 Å². The van der Waals surface area contributed by atoms with Gasteiger partial charge < -0.3 is 4.74 Å². The first-order valence-electron chi connectivity index (χ1n) is 5.13. The Morgan fingerprint density at radius 1 is 1.29 bits per heavy atom. The molecule has 0 amide bonds. The van der Waals surface area contributed by atoms with Crippen LogP contribution >= 0.6 is 27.5 Å². The highest BCUT2D eigenvalue weighted by Crippen LogP contribution is 2.21. The Bertz CT molecular complexity index is 531. The number of ether oxygens (including phenoxy) is 1. The van der Waals surface area contributed by atoms with Crippen LogP contribution in [-0.2, 0) is 6.61 Å². The minimum absolute atomic E-state index is 0.442. The van der Waals surface area contributed by atoms with Gasteiger partial charge in [0.05, 0.1) is 6.20 Å². The van der Waals surface area contributed by atoms with Crippen LogP contribution < -0.4 is 4.74 Å². The first-order chi connectivity index (χ1) is 8.15. The summed E-state index contributed by atoms with van der Waals surface area (Å²) >= 11 is 9.47. The van der Waals surface area contributed by atoms with Gasteiger partial charge in [-0.05, 0) is 40.5 Å². The van der Waals surface area contributed by atoms with E-state index in [1.165, 1.54) is 0 Å². The standard InChI is InChI=1S/C13H11BrClNO/c1-9-2-3-10(13(15)4-9)8-17-12-5-11(14)6-16-7-12/h2-7H,8H2,1H3. The van der Waals surface area contributed by atoms with Crippen LogP contribution in [0.2, 0.25) is 5.02 Å². The Balaban J connectivity index is 2.07. The highest BCUT2D eigenvalue weighted by Gasteiger charge is 2.02. The molecule has 88 valence electrons. The number of aryl methyl sites for hydroxylation is 1. The van der Waals surface area contributed by atoms with Gasteiger partial charge in [-0.2, -0.15) is 0 Å². The van der Waals surface area contributed by atoms with Gasteiger partial charge in [0.25, 0.3) is 0 Å². The number of hydrogen-bond donors (Lipinski definition) is 0. The van der Waals surface area contributed by atoms with Crippen LogP contribution in [0.5, 0.6) is 5.75 Å². The summed E-state index contributed by atoms with van der Waals surface area (Å²) in [6, 6.07) is 7.79. The van der Waals surface area contributed by atoms with E-state index in [1.807, 2.05) is 31.2 Å². The molecule has 0 unspecified atom stereocenters. The summed E-state index contributed by atoms with van der Waals surface area (Å²) in [7, 11) is 0. The first-order valence-corrected chi connectivity index (χ1v) is 6.30. The number of aromatic nitrogens is 1. The summed E-state index contributed by atoms with van der Waals surface area (Å²) in [4.78, 5) is 4.03. The molecule has 0 aliphatic carbocycles. The minimum atomic E-state index is 0.442. The predicted molar refractivity (Wildman–Crippen MR) is 72.5 cm³/mol. The van der Waals surface area contributed by atoms with E-state index in [9.17, 15) is 0 Å². The van der Waals surface area contributed by atoms with Crippen LogP contribution in [0.1, 0.15) is 11.1 Å². The van der Waals surface area contributed by atoms with Crippen molar-refractivity contribution < 1.29 is 4.74 Å². The first kappa shape index (κ1) is 12.4. The van der Waals surface area contributed by atoms with Crippen molar-refractivity contribution in [3.8, 4) is 5.75 Å². The van der Waals surface area contributed by atoms with E-state index in [1.54, 1.807) is 12.4 Å². The fourth-order valence-electron chi connectivity index (χ4n) is 1.40. The van der Waals surface area contributed by atoms with Crippen molar-refractivity contribution in [2.45, 2.75) is 13.5 Å².